The molecule has 2 heterocycles. The van der Waals surface area contributed by atoms with Crippen LogP contribution in [0, 0.1) is 12.9 Å². The lowest BCUT2D eigenvalue weighted by atomic mass is 10.2. The fourth-order valence-corrected chi connectivity index (χ4v) is 2.92. The Morgan fingerprint density at radius 3 is 2.72 bits per heavy atom. The molecule has 1 fully saturated rings. The Labute approximate surface area is 108 Å². The van der Waals surface area contributed by atoms with Crippen LogP contribution in [0.25, 0.3) is 0 Å². The highest BCUT2D eigenvalue weighted by atomic mass is 35.7. The van der Waals surface area contributed by atoms with Gasteiger partial charge in [0.1, 0.15) is 5.25 Å². The molecule has 0 bridgehead atoms. The summed E-state index contributed by atoms with van der Waals surface area (Å²) in [6.07, 6.45) is 1.05. The van der Waals surface area contributed by atoms with Crippen LogP contribution in [0.5, 0.6) is 0 Å². The molecule has 1 atom stereocenters. The van der Waals surface area contributed by atoms with Gasteiger partial charge in [0.05, 0.1) is 11.9 Å². The molecule has 98 valence electrons. The number of nitrogens with zero attached hydrogens (tertiary/aromatic N) is 2. The molecule has 0 N–H and O–H groups in total. The molecule has 0 saturated carbocycles. The Morgan fingerprint density at radius 1 is 1.56 bits per heavy atom. The molecule has 18 heavy (non-hydrogen) atoms. The number of amides is 1. The van der Waals surface area contributed by atoms with Crippen molar-refractivity contribution in [3.05, 3.63) is 23.8 Å². The van der Waals surface area contributed by atoms with Gasteiger partial charge in [-0.1, -0.05) is 0 Å². The highest BCUT2D eigenvalue weighted by Gasteiger charge is 2.38. The molecule has 1 aromatic heterocycles. The summed E-state index contributed by atoms with van der Waals surface area (Å²) in [6.45, 7) is 1.59. The van der Waals surface area contributed by atoms with Crippen molar-refractivity contribution in [2.45, 2.75) is 18.6 Å². The normalized spacial score (nSPS) is 20.5. The van der Waals surface area contributed by atoms with Crippen LogP contribution in [0.3, 0.4) is 0 Å². The lowest BCUT2D eigenvalue weighted by molar-refractivity contribution is -0.117. The summed E-state index contributed by atoms with van der Waals surface area (Å²) in [6, 6.07) is 1.19. The fraction of sp³-hybridized carbons (Fsp3) is 0.400. The summed E-state index contributed by atoms with van der Waals surface area (Å²) in [5, 5.41) is -0.934. The fourth-order valence-electron chi connectivity index (χ4n) is 1.89. The summed E-state index contributed by atoms with van der Waals surface area (Å²) >= 11 is 0. The third-order valence-corrected chi connectivity index (χ3v) is 4.70. The predicted octanol–water partition coefficient (Wildman–Crippen LogP) is 1.20. The van der Waals surface area contributed by atoms with E-state index in [9.17, 15) is 17.6 Å². The molecule has 1 aliphatic heterocycles. The molecule has 2 rings (SSSR count). The molecule has 1 saturated heterocycles. The van der Waals surface area contributed by atoms with E-state index < -0.39 is 20.2 Å². The van der Waals surface area contributed by atoms with Crippen LogP contribution in [0.4, 0.5) is 10.1 Å². The third-order valence-electron chi connectivity index (χ3n) is 2.83. The zero-order valence-electron chi connectivity index (χ0n) is 9.43. The molecule has 5 nitrogen and oxygen atoms in total. The van der Waals surface area contributed by atoms with E-state index in [2.05, 4.69) is 4.98 Å². The van der Waals surface area contributed by atoms with Crippen molar-refractivity contribution in [2.24, 2.45) is 0 Å². The SMILES string of the molecule is Cc1cc(F)ncc1N1CC(S(=O)(=O)Cl)CC1=O. The van der Waals surface area contributed by atoms with E-state index in [-0.39, 0.29) is 18.9 Å². The van der Waals surface area contributed by atoms with E-state index in [1.807, 2.05) is 0 Å². The van der Waals surface area contributed by atoms with Gasteiger partial charge in [-0.2, -0.15) is 4.39 Å². The van der Waals surface area contributed by atoms with E-state index >= 15 is 0 Å². The van der Waals surface area contributed by atoms with Crippen LogP contribution in [-0.2, 0) is 13.8 Å². The number of rotatable bonds is 2. The smallest absolute Gasteiger partial charge is 0.237 e. The highest BCUT2D eigenvalue weighted by Crippen LogP contribution is 2.28. The Balaban J connectivity index is 2.33. The minimum Gasteiger partial charge on any atom is -0.309 e. The number of carbonyl (C=O) groups excluding carboxylic acids is 1. The van der Waals surface area contributed by atoms with E-state index in [0.29, 0.717) is 11.3 Å². The number of hydrogen-bond donors (Lipinski definition) is 0. The monoisotopic (exact) mass is 292 g/mol. The second kappa shape index (κ2) is 4.47. The third kappa shape index (κ3) is 2.46. The van der Waals surface area contributed by atoms with Gasteiger partial charge in [0.15, 0.2) is 0 Å². The number of anilines is 1. The first-order valence-electron chi connectivity index (χ1n) is 5.15. The van der Waals surface area contributed by atoms with Crippen LogP contribution in [0.15, 0.2) is 12.3 Å². The average molecular weight is 293 g/mol. The maximum Gasteiger partial charge on any atom is 0.237 e. The van der Waals surface area contributed by atoms with Gasteiger partial charge >= 0.3 is 0 Å². The first-order chi connectivity index (χ1) is 8.29. The van der Waals surface area contributed by atoms with Gasteiger partial charge in [0.2, 0.25) is 20.9 Å². The Morgan fingerprint density at radius 2 is 2.22 bits per heavy atom. The zero-order chi connectivity index (χ0) is 13.5. The summed E-state index contributed by atoms with van der Waals surface area (Å²) in [5.74, 6) is -1.01. The van der Waals surface area contributed by atoms with Gasteiger partial charge in [-0.05, 0) is 18.6 Å². The van der Waals surface area contributed by atoms with Crippen molar-refractivity contribution >= 4 is 31.3 Å². The average Bonchev–Trinajstić information content (AvgIpc) is 2.60. The largest absolute Gasteiger partial charge is 0.309 e. The van der Waals surface area contributed by atoms with Gasteiger partial charge in [-0.25, -0.2) is 13.4 Å². The first kappa shape index (κ1) is 13.2. The second-order valence-electron chi connectivity index (χ2n) is 4.10. The first-order valence-corrected chi connectivity index (χ1v) is 7.52. The summed E-state index contributed by atoms with van der Waals surface area (Å²) in [7, 11) is 1.46. The maximum absolute atomic E-state index is 12.9. The molecule has 1 aromatic rings. The predicted molar refractivity (Wildman–Crippen MR) is 64.5 cm³/mol. The zero-order valence-corrected chi connectivity index (χ0v) is 11.0. The Bertz CT molecular complexity index is 605. The van der Waals surface area contributed by atoms with Gasteiger partial charge in [0.25, 0.3) is 0 Å². The van der Waals surface area contributed by atoms with Crippen molar-refractivity contribution in [3.63, 3.8) is 0 Å². The van der Waals surface area contributed by atoms with Crippen molar-refractivity contribution in [1.82, 2.24) is 4.98 Å². The van der Waals surface area contributed by atoms with Crippen molar-refractivity contribution in [1.29, 1.82) is 0 Å². The number of halogens is 2. The standard InChI is InChI=1S/C10H10ClFN2O3S/c1-6-2-9(12)13-4-8(6)14-5-7(3-10(14)15)18(11,16)17/h2,4,7H,3,5H2,1H3. The molecule has 0 aliphatic carbocycles. The minimum atomic E-state index is -3.78. The maximum atomic E-state index is 12.9. The number of carbonyl (C=O) groups is 1. The van der Waals surface area contributed by atoms with E-state index in [1.165, 1.54) is 17.2 Å². The van der Waals surface area contributed by atoms with Gasteiger partial charge < -0.3 is 4.90 Å². The molecule has 8 heteroatoms. The molecule has 0 radical (unpaired) electrons. The molecule has 0 aromatic carbocycles. The molecule has 1 aliphatic rings. The summed E-state index contributed by atoms with van der Waals surface area (Å²) < 4.78 is 35.3. The lowest BCUT2D eigenvalue weighted by Gasteiger charge is -2.17. The van der Waals surface area contributed by atoms with Crippen LogP contribution >= 0.6 is 10.7 Å². The minimum absolute atomic E-state index is 0.0289. The number of pyridine rings is 1. The highest BCUT2D eigenvalue weighted by molar-refractivity contribution is 8.14. The number of aryl methyl sites for hydroxylation is 1. The lowest BCUT2D eigenvalue weighted by Crippen LogP contribution is -2.27. The van der Waals surface area contributed by atoms with Crippen LogP contribution in [0.1, 0.15) is 12.0 Å². The summed E-state index contributed by atoms with van der Waals surface area (Å²) in [5.41, 5.74) is 0.924. The summed E-state index contributed by atoms with van der Waals surface area (Å²) in [4.78, 5) is 16.5. The van der Waals surface area contributed by atoms with E-state index in [4.69, 9.17) is 10.7 Å². The number of aromatic nitrogens is 1. The molecule has 1 unspecified atom stereocenters. The van der Waals surface area contributed by atoms with E-state index in [1.54, 1.807) is 6.92 Å². The molecular weight excluding hydrogens is 283 g/mol. The number of hydrogen-bond acceptors (Lipinski definition) is 4. The van der Waals surface area contributed by atoms with Crippen LogP contribution in [-0.4, -0.2) is 31.1 Å². The van der Waals surface area contributed by atoms with Gasteiger partial charge in [-0.15, -0.1) is 0 Å². The van der Waals surface area contributed by atoms with Gasteiger partial charge in [0, 0.05) is 23.6 Å². The van der Waals surface area contributed by atoms with Crippen molar-refractivity contribution < 1.29 is 17.6 Å². The molecule has 0 spiro atoms. The quantitative estimate of drug-likeness (QED) is 0.607. The Hall–Kier alpha value is -1.21. The van der Waals surface area contributed by atoms with E-state index in [0.717, 1.165) is 0 Å². The Kier molecular flexibility index (Phi) is 3.29. The van der Waals surface area contributed by atoms with Crippen LogP contribution < -0.4 is 4.90 Å². The van der Waals surface area contributed by atoms with Crippen molar-refractivity contribution in [2.75, 3.05) is 11.4 Å². The van der Waals surface area contributed by atoms with Crippen molar-refractivity contribution in [3.8, 4) is 0 Å². The van der Waals surface area contributed by atoms with Gasteiger partial charge in [-0.3, -0.25) is 4.79 Å². The topological polar surface area (TPSA) is 67.3 Å². The molecular formula is C10H10ClFN2O3S. The second-order valence-corrected chi connectivity index (χ2v) is 7.01. The molecule has 1 amide bonds. The van der Waals surface area contributed by atoms with Crippen LogP contribution in [0.2, 0.25) is 0 Å².